The standard InChI is InChI=1S/C11H12N2O/c1-7-12-9-5-4-8-3-2-6-14-11(8)10(9)13-7/h2,4-6,9-10H,3H2,1H3,(H,12,13). The summed E-state index contributed by atoms with van der Waals surface area (Å²) in [7, 11) is 0. The summed E-state index contributed by atoms with van der Waals surface area (Å²) in [5.41, 5.74) is 1.27. The van der Waals surface area contributed by atoms with Gasteiger partial charge in [-0.25, -0.2) is 0 Å². The molecule has 0 saturated carbocycles. The van der Waals surface area contributed by atoms with E-state index in [1.807, 2.05) is 13.0 Å². The maximum absolute atomic E-state index is 5.56. The van der Waals surface area contributed by atoms with Gasteiger partial charge >= 0.3 is 0 Å². The number of nitrogens with zero attached hydrogens (tertiary/aromatic N) is 1. The third kappa shape index (κ3) is 1.02. The molecule has 1 aliphatic carbocycles. The van der Waals surface area contributed by atoms with E-state index in [9.17, 15) is 0 Å². The van der Waals surface area contributed by atoms with Gasteiger partial charge in [0.15, 0.2) is 0 Å². The Balaban J connectivity index is 1.97. The number of nitrogens with one attached hydrogen (secondary N) is 1. The predicted molar refractivity (Wildman–Crippen MR) is 54.8 cm³/mol. The van der Waals surface area contributed by atoms with Gasteiger partial charge < -0.3 is 10.1 Å². The molecule has 2 heterocycles. The van der Waals surface area contributed by atoms with Crippen molar-refractivity contribution in [3.05, 3.63) is 35.8 Å². The van der Waals surface area contributed by atoms with Crippen LogP contribution in [0.5, 0.6) is 0 Å². The maximum atomic E-state index is 5.56. The van der Waals surface area contributed by atoms with Crippen LogP contribution in [0, 0.1) is 0 Å². The maximum Gasteiger partial charge on any atom is 0.131 e. The van der Waals surface area contributed by atoms with E-state index in [2.05, 4.69) is 22.5 Å². The SMILES string of the molecule is CC1=NC2C=CC3=C(OC=CC3)C2N1. The second kappa shape index (κ2) is 2.74. The molecule has 1 N–H and O–H groups in total. The van der Waals surface area contributed by atoms with Crippen LogP contribution in [0.4, 0.5) is 0 Å². The molecule has 3 nitrogen and oxygen atoms in total. The molecule has 0 aromatic rings. The highest BCUT2D eigenvalue weighted by atomic mass is 16.5. The van der Waals surface area contributed by atoms with Crippen LogP contribution in [-0.2, 0) is 4.74 Å². The zero-order valence-electron chi connectivity index (χ0n) is 8.03. The Morgan fingerprint density at radius 1 is 1.57 bits per heavy atom. The molecule has 0 bridgehead atoms. The Kier molecular flexibility index (Phi) is 1.54. The fraction of sp³-hybridized carbons (Fsp3) is 0.364. The van der Waals surface area contributed by atoms with E-state index in [1.165, 1.54) is 5.57 Å². The Labute approximate surface area is 82.9 Å². The van der Waals surface area contributed by atoms with Crippen LogP contribution in [0.2, 0.25) is 0 Å². The molecule has 0 aromatic heterocycles. The van der Waals surface area contributed by atoms with E-state index in [4.69, 9.17) is 4.74 Å². The molecule has 2 atom stereocenters. The normalized spacial score (nSPS) is 33.1. The lowest BCUT2D eigenvalue weighted by atomic mass is 9.94. The molecule has 0 saturated heterocycles. The highest BCUT2D eigenvalue weighted by Crippen LogP contribution is 2.30. The van der Waals surface area contributed by atoms with Crippen molar-refractivity contribution in [3.8, 4) is 0 Å². The largest absolute Gasteiger partial charge is 0.467 e. The molecule has 3 rings (SSSR count). The molecule has 0 aromatic carbocycles. The number of hydrogen-bond acceptors (Lipinski definition) is 3. The molecule has 3 heteroatoms. The van der Waals surface area contributed by atoms with Crippen molar-refractivity contribution in [2.45, 2.75) is 25.4 Å². The molecule has 14 heavy (non-hydrogen) atoms. The Bertz CT molecular complexity index is 390. The average molecular weight is 188 g/mol. The van der Waals surface area contributed by atoms with Crippen LogP contribution < -0.4 is 5.32 Å². The molecule has 2 unspecified atom stereocenters. The van der Waals surface area contributed by atoms with E-state index in [0.29, 0.717) is 0 Å². The van der Waals surface area contributed by atoms with Gasteiger partial charge in [0.25, 0.3) is 0 Å². The lowest BCUT2D eigenvalue weighted by molar-refractivity contribution is 0.292. The molecule has 0 fully saturated rings. The number of amidine groups is 1. The molecular weight excluding hydrogens is 176 g/mol. The van der Waals surface area contributed by atoms with Crippen LogP contribution in [0.1, 0.15) is 13.3 Å². The van der Waals surface area contributed by atoms with Gasteiger partial charge in [0.1, 0.15) is 11.8 Å². The Hall–Kier alpha value is -1.51. The summed E-state index contributed by atoms with van der Waals surface area (Å²) >= 11 is 0. The first-order chi connectivity index (χ1) is 6.84. The van der Waals surface area contributed by atoms with Gasteiger partial charge in [0, 0.05) is 0 Å². The smallest absolute Gasteiger partial charge is 0.131 e. The number of allylic oxidation sites excluding steroid dienone is 3. The zero-order chi connectivity index (χ0) is 9.54. The van der Waals surface area contributed by atoms with Crippen molar-refractivity contribution in [2.24, 2.45) is 4.99 Å². The second-order valence-corrected chi connectivity index (χ2v) is 3.77. The van der Waals surface area contributed by atoms with E-state index in [-0.39, 0.29) is 12.1 Å². The Morgan fingerprint density at radius 3 is 3.43 bits per heavy atom. The first kappa shape index (κ1) is 7.85. The van der Waals surface area contributed by atoms with Gasteiger partial charge in [0.05, 0.1) is 18.1 Å². The number of aliphatic imine (C=N–C) groups is 1. The lowest BCUT2D eigenvalue weighted by Gasteiger charge is -2.26. The predicted octanol–water partition coefficient (Wildman–Crippen LogP) is 1.50. The van der Waals surface area contributed by atoms with Gasteiger partial charge in [0.2, 0.25) is 0 Å². The summed E-state index contributed by atoms with van der Waals surface area (Å²) in [5.74, 6) is 2.04. The fourth-order valence-corrected chi connectivity index (χ4v) is 2.13. The van der Waals surface area contributed by atoms with Gasteiger partial charge in [-0.2, -0.15) is 0 Å². The van der Waals surface area contributed by atoms with Gasteiger partial charge in [-0.1, -0.05) is 12.2 Å². The minimum Gasteiger partial charge on any atom is -0.467 e. The monoisotopic (exact) mass is 188 g/mol. The van der Waals surface area contributed by atoms with Crippen molar-refractivity contribution in [2.75, 3.05) is 0 Å². The third-order valence-corrected chi connectivity index (χ3v) is 2.77. The van der Waals surface area contributed by atoms with Crippen LogP contribution >= 0.6 is 0 Å². The quantitative estimate of drug-likeness (QED) is 0.625. The highest BCUT2D eigenvalue weighted by Gasteiger charge is 2.34. The fourth-order valence-electron chi connectivity index (χ4n) is 2.13. The van der Waals surface area contributed by atoms with Crippen LogP contribution in [0.3, 0.4) is 0 Å². The highest BCUT2D eigenvalue weighted by molar-refractivity contribution is 5.83. The van der Waals surface area contributed by atoms with Gasteiger partial charge in [-0.05, 0) is 25.0 Å². The molecule has 0 amide bonds. The first-order valence-corrected chi connectivity index (χ1v) is 4.88. The van der Waals surface area contributed by atoms with Crippen molar-refractivity contribution in [3.63, 3.8) is 0 Å². The molecule has 3 aliphatic rings. The Morgan fingerprint density at radius 2 is 2.50 bits per heavy atom. The van der Waals surface area contributed by atoms with E-state index < -0.39 is 0 Å². The third-order valence-electron chi connectivity index (χ3n) is 2.77. The van der Waals surface area contributed by atoms with Crippen LogP contribution in [0.15, 0.2) is 40.8 Å². The first-order valence-electron chi connectivity index (χ1n) is 4.88. The van der Waals surface area contributed by atoms with Crippen LogP contribution in [0.25, 0.3) is 0 Å². The molecule has 2 aliphatic heterocycles. The summed E-state index contributed by atoms with van der Waals surface area (Å²) in [6, 6.07) is 0.445. The summed E-state index contributed by atoms with van der Waals surface area (Å²) < 4.78 is 5.56. The molecular formula is C11H12N2O. The van der Waals surface area contributed by atoms with E-state index in [0.717, 1.165) is 18.0 Å². The van der Waals surface area contributed by atoms with Crippen molar-refractivity contribution < 1.29 is 4.74 Å². The summed E-state index contributed by atoms with van der Waals surface area (Å²) in [6.45, 7) is 1.99. The molecule has 0 radical (unpaired) electrons. The average Bonchev–Trinajstić information content (AvgIpc) is 2.59. The summed E-state index contributed by atoms with van der Waals surface area (Å²) in [5, 5.41) is 3.34. The topological polar surface area (TPSA) is 33.6 Å². The minimum absolute atomic E-state index is 0.222. The van der Waals surface area contributed by atoms with Gasteiger partial charge in [-0.3, -0.25) is 4.99 Å². The molecule has 72 valence electrons. The number of rotatable bonds is 0. The van der Waals surface area contributed by atoms with Crippen molar-refractivity contribution in [1.29, 1.82) is 0 Å². The number of hydrogen-bond donors (Lipinski definition) is 1. The van der Waals surface area contributed by atoms with E-state index >= 15 is 0 Å². The van der Waals surface area contributed by atoms with Crippen molar-refractivity contribution >= 4 is 5.84 Å². The zero-order valence-corrected chi connectivity index (χ0v) is 8.03. The lowest BCUT2D eigenvalue weighted by Crippen LogP contribution is -2.38. The van der Waals surface area contributed by atoms with E-state index in [1.54, 1.807) is 6.26 Å². The summed E-state index contributed by atoms with van der Waals surface area (Å²) in [4.78, 5) is 4.48. The molecule has 0 spiro atoms. The van der Waals surface area contributed by atoms with Gasteiger partial charge in [-0.15, -0.1) is 0 Å². The number of fused-ring (bicyclic) bond motifs is 2. The number of ether oxygens (including phenoxy) is 1. The van der Waals surface area contributed by atoms with Crippen molar-refractivity contribution in [1.82, 2.24) is 5.32 Å². The minimum atomic E-state index is 0.222. The summed E-state index contributed by atoms with van der Waals surface area (Å²) in [6.07, 6.45) is 9.05. The van der Waals surface area contributed by atoms with Crippen LogP contribution in [-0.4, -0.2) is 17.9 Å². The second-order valence-electron chi connectivity index (χ2n) is 3.77.